The summed E-state index contributed by atoms with van der Waals surface area (Å²) in [4.78, 5) is 0. The average Bonchev–Trinajstić information content (AvgIpc) is 1.82. The van der Waals surface area contributed by atoms with Crippen molar-refractivity contribution in [2.75, 3.05) is 7.05 Å². The van der Waals surface area contributed by atoms with Crippen LogP contribution < -0.4 is 5.32 Å². The molecular formula is C8H13N. The van der Waals surface area contributed by atoms with Gasteiger partial charge in [0.25, 0.3) is 0 Å². The molecule has 0 amide bonds. The van der Waals surface area contributed by atoms with E-state index >= 15 is 0 Å². The second kappa shape index (κ2) is 3.96. The van der Waals surface area contributed by atoms with Crippen molar-refractivity contribution in [1.29, 1.82) is 0 Å². The Hall–Kier alpha value is -0.980. The van der Waals surface area contributed by atoms with Crippen LogP contribution in [0.15, 0.2) is 36.6 Å². The van der Waals surface area contributed by atoms with Crippen molar-refractivity contribution in [1.82, 2.24) is 5.32 Å². The molecule has 0 radical (unpaired) electrons. The van der Waals surface area contributed by atoms with Crippen molar-refractivity contribution < 1.29 is 0 Å². The van der Waals surface area contributed by atoms with Crippen molar-refractivity contribution in [3.63, 3.8) is 0 Å². The summed E-state index contributed by atoms with van der Waals surface area (Å²) in [5.41, 5.74) is 2.03. The molecule has 50 valence electrons. The predicted molar refractivity (Wildman–Crippen MR) is 42.2 cm³/mol. The summed E-state index contributed by atoms with van der Waals surface area (Å²) < 4.78 is 0. The van der Waals surface area contributed by atoms with E-state index in [1.807, 2.05) is 20.0 Å². The second-order valence-electron chi connectivity index (χ2n) is 1.90. The topological polar surface area (TPSA) is 12.0 Å². The zero-order valence-corrected chi connectivity index (χ0v) is 6.07. The second-order valence-corrected chi connectivity index (χ2v) is 1.90. The van der Waals surface area contributed by atoms with Gasteiger partial charge in [-0.3, -0.25) is 0 Å². The van der Waals surface area contributed by atoms with E-state index < -0.39 is 0 Å². The highest BCUT2D eigenvalue weighted by molar-refractivity contribution is 5.24. The third-order valence-electron chi connectivity index (χ3n) is 0.910. The van der Waals surface area contributed by atoms with Gasteiger partial charge in [-0.1, -0.05) is 18.7 Å². The van der Waals surface area contributed by atoms with Crippen LogP contribution in [0.1, 0.15) is 6.92 Å². The average molecular weight is 123 g/mol. The normalized spacial score (nSPS) is 10.7. The molecule has 1 N–H and O–H groups in total. The Labute approximate surface area is 56.8 Å². The fourth-order valence-electron chi connectivity index (χ4n) is 0.499. The van der Waals surface area contributed by atoms with Crippen LogP contribution >= 0.6 is 0 Å². The lowest BCUT2D eigenvalue weighted by molar-refractivity contribution is 1.03. The molecule has 0 saturated carbocycles. The van der Waals surface area contributed by atoms with Crippen LogP contribution in [0.2, 0.25) is 0 Å². The maximum Gasteiger partial charge on any atom is 0.0334 e. The smallest absolute Gasteiger partial charge is 0.0334 e. The molecule has 0 saturated heterocycles. The van der Waals surface area contributed by atoms with E-state index in [1.165, 1.54) is 0 Å². The molecule has 1 heteroatoms. The van der Waals surface area contributed by atoms with E-state index in [4.69, 9.17) is 0 Å². The summed E-state index contributed by atoms with van der Waals surface area (Å²) in [6, 6.07) is 0. The van der Waals surface area contributed by atoms with Gasteiger partial charge in [0, 0.05) is 12.7 Å². The first-order valence-electron chi connectivity index (χ1n) is 2.88. The van der Waals surface area contributed by atoms with E-state index in [2.05, 4.69) is 18.5 Å². The Morgan fingerprint density at radius 2 is 2.11 bits per heavy atom. The monoisotopic (exact) mass is 123 g/mol. The van der Waals surface area contributed by atoms with Gasteiger partial charge in [-0.2, -0.15) is 0 Å². The molecule has 1 nitrogen and oxygen atoms in total. The Morgan fingerprint density at radius 1 is 1.56 bits per heavy atom. The van der Waals surface area contributed by atoms with Crippen LogP contribution in [0.3, 0.4) is 0 Å². The largest absolute Gasteiger partial charge is 0.388 e. The first kappa shape index (κ1) is 8.02. The van der Waals surface area contributed by atoms with Gasteiger partial charge < -0.3 is 5.32 Å². The molecule has 0 bridgehead atoms. The number of likely N-dealkylation sites (N-methyl/N-ethyl adjacent to an activating group) is 1. The minimum atomic E-state index is 1.00. The van der Waals surface area contributed by atoms with Gasteiger partial charge in [0.15, 0.2) is 0 Å². The van der Waals surface area contributed by atoms with Gasteiger partial charge in [-0.05, 0) is 19.1 Å². The van der Waals surface area contributed by atoms with Crippen LogP contribution in [-0.2, 0) is 0 Å². The van der Waals surface area contributed by atoms with Gasteiger partial charge in [0.05, 0.1) is 0 Å². The van der Waals surface area contributed by atoms with Gasteiger partial charge in [0.1, 0.15) is 0 Å². The summed E-state index contributed by atoms with van der Waals surface area (Å²) in [6.07, 6.45) is 3.70. The van der Waals surface area contributed by atoms with E-state index in [-0.39, 0.29) is 0 Å². The van der Waals surface area contributed by atoms with Crippen LogP contribution in [0.4, 0.5) is 0 Å². The predicted octanol–water partition coefficient (Wildman–Crippen LogP) is 1.85. The lowest BCUT2D eigenvalue weighted by atomic mass is 10.3. The number of hydrogen-bond acceptors (Lipinski definition) is 1. The Bertz CT molecular complexity index is 143. The Kier molecular flexibility index (Phi) is 3.52. The lowest BCUT2D eigenvalue weighted by Crippen LogP contribution is -2.02. The van der Waals surface area contributed by atoms with Crippen LogP contribution in [0, 0.1) is 0 Å². The quantitative estimate of drug-likeness (QED) is 0.565. The molecule has 9 heavy (non-hydrogen) atoms. The summed E-state index contributed by atoms with van der Waals surface area (Å²) in [5, 5.41) is 2.97. The van der Waals surface area contributed by atoms with Crippen LogP contribution in [0.25, 0.3) is 0 Å². The first-order valence-corrected chi connectivity index (χ1v) is 2.88. The molecular weight excluding hydrogens is 110 g/mol. The molecule has 0 heterocycles. The molecule has 0 rings (SSSR count). The van der Waals surface area contributed by atoms with Crippen molar-refractivity contribution >= 4 is 0 Å². The van der Waals surface area contributed by atoms with Crippen LogP contribution in [0.5, 0.6) is 0 Å². The van der Waals surface area contributed by atoms with Gasteiger partial charge in [-0.25, -0.2) is 0 Å². The molecule has 0 aliphatic carbocycles. The molecule has 0 spiro atoms. The van der Waals surface area contributed by atoms with Crippen molar-refractivity contribution in [2.24, 2.45) is 0 Å². The van der Waals surface area contributed by atoms with E-state index in [0.29, 0.717) is 0 Å². The summed E-state index contributed by atoms with van der Waals surface area (Å²) in [7, 11) is 1.86. The SMILES string of the molecule is C=C/C(=C\C(=C)C)NC. The number of rotatable bonds is 3. The molecule has 0 aromatic heterocycles. The minimum Gasteiger partial charge on any atom is -0.388 e. The van der Waals surface area contributed by atoms with Crippen molar-refractivity contribution in [2.45, 2.75) is 6.92 Å². The number of allylic oxidation sites excluding steroid dienone is 3. The van der Waals surface area contributed by atoms with Gasteiger partial charge in [0.2, 0.25) is 0 Å². The molecule has 0 aliphatic heterocycles. The summed E-state index contributed by atoms with van der Waals surface area (Å²) in [6.45, 7) is 9.28. The minimum absolute atomic E-state index is 1.00. The highest BCUT2D eigenvalue weighted by Crippen LogP contribution is 1.95. The standard InChI is InChI=1S/C8H13N/c1-5-8(9-4)6-7(2)3/h5-6,9H,1-2H2,3-4H3/b8-6+. The summed E-state index contributed by atoms with van der Waals surface area (Å²) in [5.74, 6) is 0. The van der Waals surface area contributed by atoms with E-state index in [1.54, 1.807) is 6.08 Å². The zero-order chi connectivity index (χ0) is 7.28. The summed E-state index contributed by atoms with van der Waals surface area (Å²) >= 11 is 0. The third kappa shape index (κ3) is 3.59. The van der Waals surface area contributed by atoms with E-state index in [0.717, 1.165) is 11.3 Å². The molecule has 0 atom stereocenters. The lowest BCUT2D eigenvalue weighted by Gasteiger charge is -1.97. The highest BCUT2D eigenvalue weighted by atomic mass is 14.8. The van der Waals surface area contributed by atoms with Crippen molar-refractivity contribution in [3.05, 3.63) is 36.6 Å². The zero-order valence-electron chi connectivity index (χ0n) is 6.07. The molecule has 0 fully saturated rings. The molecule has 0 aliphatic rings. The first-order chi connectivity index (χ1) is 4.20. The van der Waals surface area contributed by atoms with Gasteiger partial charge >= 0.3 is 0 Å². The molecule has 0 aromatic carbocycles. The Morgan fingerprint density at radius 3 is 2.22 bits per heavy atom. The fourth-order valence-corrected chi connectivity index (χ4v) is 0.499. The fraction of sp³-hybridized carbons (Fsp3) is 0.250. The molecule has 0 unspecified atom stereocenters. The number of hydrogen-bond donors (Lipinski definition) is 1. The molecule has 0 aromatic rings. The highest BCUT2D eigenvalue weighted by Gasteiger charge is 1.82. The Balaban J connectivity index is 4.07. The number of nitrogens with one attached hydrogen (secondary N) is 1. The maximum atomic E-state index is 3.73. The van der Waals surface area contributed by atoms with Gasteiger partial charge in [-0.15, -0.1) is 0 Å². The maximum absolute atomic E-state index is 3.73. The van der Waals surface area contributed by atoms with E-state index in [9.17, 15) is 0 Å². The third-order valence-corrected chi connectivity index (χ3v) is 0.910. The van der Waals surface area contributed by atoms with Crippen molar-refractivity contribution in [3.8, 4) is 0 Å². The van der Waals surface area contributed by atoms with Crippen LogP contribution in [-0.4, -0.2) is 7.05 Å².